The van der Waals surface area contributed by atoms with Crippen LogP contribution < -0.4 is 14.4 Å². The molecular formula is C17H26N4O4. The molecule has 1 amide bonds. The van der Waals surface area contributed by atoms with Gasteiger partial charge in [-0.2, -0.15) is 9.97 Å². The number of rotatable bonds is 3. The highest BCUT2D eigenvalue weighted by Gasteiger charge is 2.45. The van der Waals surface area contributed by atoms with E-state index in [2.05, 4.69) is 14.9 Å². The van der Waals surface area contributed by atoms with E-state index < -0.39 is 5.60 Å². The third kappa shape index (κ3) is 3.72. The van der Waals surface area contributed by atoms with Gasteiger partial charge in [-0.05, 0) is 33.6 Å². The Morgan fingerprint density at radius 3 is 2.04 bits per heavy atom. The Hall–Kier alpha value is -2.25. The summed E-state index contributed by atoms with van der Waals surface area (Å²) in [5.41, 5.74) is -0.489. The first kappa shape index (κ1) is 17.6. The molecule has 2 saturated heterocycles. The van der Waals surface area contributed by atoms with Crippen LogP contribution in [-0.4, -0.2) is 66.0 Å². The van der Waals surface area contributed by atoms with Crippen LogP contribution in [0.25, 0.3) is 0 Å². The van der Waals surface area contributed by atoms with Gasteiger partial charge >= 0.3 is 6.09 Å². The lowest BCUT2D eigenvalue weighted by Gasteiger charge is -2.41. The van der Waals surface area contributed by atoms with Crippen molar-refractivity contribution in [3.8, 4) is 11.8 Å². The average Bonchev–Trinajstić information content (AvgIpc) is 2.83. The molecule has 25 heavy (non-hydrogen) atoms. The Kier molecular flexibility index (Phi) is 4.62. The summed E-state index contributed by atoms with van der Waals surface area (Å²) in [7, 11) is 3.13. The largest absolute Gasteiger partial charge is 0.481 e. The SMILES string of the molecule is COc1cc(OC)nc(N2CC3CCC(C2)N3C(=O)OC(C)(C)C)n1. The molecule has 0 saturated carbocycles. The molecule has 0 aromatic carbocycles. The number of amides is 1. The number of hydrogen-bond acceptors (Lipinski definition) is 7. The van der Waals surface area contributed by atoms with E-state index in [1.54, 1.807) is 20.3 Å². The molecule has 0 radical (unpaired) electrons. The molecule has 0 N–H and O–H groups in total. The normalized spacial score (nSPS) is 22.8. The lowest BCUT2D eigenvalue weighted by atomic mass is 10.2. The summed E-state index contributed by atoms with van der Waals surface area (Å²) in [6, 6.07) is 1.86. The standard InChI is InChI=1S/C17H26N4O4/c1-17(2,3)25-16(22)21-11-6-7-12(21)10-20(9-11)15-18-13(23-4)8-14(19-15)24-5/h8,11-12H,6-7,9-10H2,1-5H3. The van der Waals surface area contributed by atoms with E-state index >= 15 is 0 Å². The van der Waals surface area contributed by atoms with E-state index in [0.29, 0.717) is 30.8 Å². The molecule has 1 aromatic heterocycles. The number of piperazine rings is 1. The maximum Gasteiger partial charge on any atom is 0.410 e. The van der Waals surface area contributed by atoms with Crippen LogP contribution in [0.3, 0.4) is 0 Å². The van der Waals surface area contributed by atoms with Gasteiger partial charge in [0.1, 0.15) is 5.60 Å². The predicted molar refractivity (Wildman–Crippen MR) is 92.2 cm³/mol. The fourth-order valence-electron chi connectivity index (χ4n) is 3.42. The van der Waals surface area contributed by atoms with Crippen molar-refractivity contribution in [2.75, 3.05) is 32.2 Å². The second kappa shape index (κ2) is 6.57. The number of hydrogen-bond donors (Lipinski definition) is 0. The van der Waals surface area contributed by atoms with Crippen LogP contribution in [-0.2, 0) is 4.74 Å². The Bertz CT molecular complexity index is 610. The number of fused-ring (bicyclic) bond motifs is 2. The number of aromatic nitrogens is 2. The van der Waals surface area contributed by atoms with Gasteiger partial charge in [-0.25, -0.2) is 4.79 Å². The highest BCUT2D eigenvalue weighted by molar-refractivity contribution is 5.70. The van der Waals surface area contributed by atoms with Crippen molar-refractivity contribution in [2.24, 2.45) is 0 Å². The van der Waals surface area contributed by atoms with Gasteiger partial charge in [0.2, 0.25) is 17.7 Å². The molecule has 2 aliphatic rings. The first-order valence-corrected chi connectivity index (χ1v) is 8.54. The van der Waals surface area contributed by atoms with Crippen LogP contribution in [0.2, 0.25) is 0 Å². The molecule has 2 atom stereocenters. The average molecular weight is 350 g/mol. The van der Waals surface area contributed by atoms with Crippen molar-refractivity contribution in [3.63, 3.8) is 0 Å². The summed E-state index contributed by atoms with van der Waals surface area (Å²) in [5, 5.41) is 0. The minimum Gasteiger partial charge on any atom is -0.481 e. The highest BCUT2D eigenvalue weighted by Crippen LogP contribution is 2.33. The van der Waals surface area contributed by atoms with E-state index in [4.69, 9.17) is 14.2 Å². The van der Waals surface area contributed by atoms with Gasteiger partial charge in [0.05, 0.1) is 32.4 Å². The van der Waals surface area contributed by atoms with Crippen LogP contribution in [0.5, 0.6) is 11.8 Å². The van der Waals surface area contributed by atoms with E-state index in [1.165, 1.54) is 0 Å². The Morgan fingerprint density at radius 2 is 1.60 bits per heavy atom. The molecule has 2 bridgehead atoms. The van der Waals surface area contributed by atoms with Crippen molar-refractivity contribution in [3.05, 3.63) is 6.07 Å². The van der Waals surface area contributed by atoms with Gasteiger partial charge in [-0.3, -0.25) is 4.90 Å². The number of ether oxygens (including phenoxy) is 3. The maximum atomic E-state index is 12.5. The van der Waals surface area contributed by atoms with Gasteiger partial charge in [0.25, 0.3) is 0 Å². The lowest BCUT2D eigenvalue weighted by Crippen LogP contribution is -2.57. The molecule has 8 nitrogen and oxygen atoms in total. The van der Waals surface area contributed by atoms with Crippen molar-refractivity contribution >= 4 is 12.0 Å². The van der Waals surface area contributed by atoms with Crippen molar-refractivity contribution < 1.29 is 19.0 Å². The van der Waals surface area contributed by atoms with Gasteiger partial charge in [-0.1, -0.05) is 0 Å². The molecule has 1 aromatic rings. The van der Waals surface area contributed by atoms with Gasteiger partial charge in [0, 0.05) is 13.1 Å². The topological polar surface area (TPSA) is 77.0 Å². The minimum absolute atomic E-state index is 0.106. The number of nitrogens with zero attached hydrogens (tertiary/aromatic N) is 4. The summed E-state index contributed by atoms with van der Waals surface area (Å²) in [6.45, 7) is 7.01. The molecule has 2 unspecified atom stereocenters. The van der Waals surface area contributed by atoms with Crippen LogP contribution in [0.1, 0.15) is 33.6 Å². The molecule has 3 heterocycles. The number of carbonyl (C=O) groups is 1. The van der Waals surface area contributed by atoms with E-state index in [0.717, 1.165) is 12.8 Å². The first-order valence-electron chi connectivity index (χ1n) is 8.54. The van der Waals surface area contributed by atoms with E-state index in [1.807, 2.05) is 25.7 Å². The second-order valence-electron chi connectivity index (χ2n) is 7.43. The van der Waals surface area contributed by atoms with Crippen molar-refractivity contribution in [2.45, 2.75) is 51.3 Å². The summed E-state index contributed by atoms with van der Waals surface area (Å²) in [5.74, 6) is 1.49. The molecule has 8 heteroatoms. The highest BCUT2D eigenvalue weighted by atomic mass is 16.6. The van der Waals surface area contributed by atoms with Gasteiger partial charge in [-0.15, -0.1) is 0 Å². The summed E-state index contributed by atoms with van der Waals surface area (Å²) in [4.78, 5) is 25.4. The van der Waals surface area contributed by atoms with E-state index in [-0.39, 0.29) is 18.2 Å². The third-order valence-electron chi connectivity index (χ3n) is 4.45. The quantitative estimate of drug-likeness (QED) is 0.826. The van der Waals surface area contributed by atoms with Gasteiger partial charge in [0.15, 0.2) is 0 Å². The minimum atomic E-state index is -0.489. The third-order valence-corrected chi connectivity index (χ3v) is 4.45. The Labute approximate surface area is 148 Å². The van der Waals surface area contributed by atoms with Crippen LogP contribution in [0.15, 0.2) is 6.07 Å². The predicted octanol–water partition coefficient (Wildman–Crippen LogP) is 2.08. The molecule has 2 aliphatic heterocycles. The number of anilines is 1. The zero-order valence-electron chi connectivity index (χ0n) is 15.5. The monoisotopic (exact) mass is 350 g/mol. The summed E-state index contributed by atoms with van der Waals surface area (Å²) < 4.78 is 16.0. The molecular weight excluding hydrogens is 324 g/mol. The maximum absolute atomic E-state index is 12.5. The lowest BCUT2D eigenvalue weighted by molar-refractivity contribution is 0.0122. The fraction of sp³-hybridized carbons (Fsp3) is 0.706. The number of carbonyl (C=O) groups excluding carboxylic acids is 1. The molecule has 2 fully saturated rings. The molecule has 0 spiro atoms. The zero-order chi connectivity index (χ0) is 18.2. The van der Waals surface area contributed by atoms with Crippen molar-refractivity contribution in [1.82, 2.24) is 14.9 Å². The molecule has 3 rings (SSSR count). The van der Waals surface area contributed by atoms with Crippen LogP contribution in [0.4, 0.5) is 10.7 Å². The molecule has 0 aliphatic carbocycles. The summed E-state index contributed by atoms with van der Waals surface area (Å²) in [6.07, 6.45) is 1.69. The zero-order valence-corrected chi connectivity index (χ0v) is 15.5. The van der Waals surface area contributed by atoms with Crippen LogP contribution in [0, 0.1) is 0 Å². The fourth-order valence-corrected chi connectivity index (χ4v) is 3.42. The first-order chi connectivity index (χ1) is 11.8. The molecule has 138 valence electrons. The summed E-state index contributed by atoms with van der Waals surface area (Å²) >= 11 is 0. The van der Waals surface area contributed by atoms with Crippen LogP contribution >= 0.6 is 0 Å². The smallest absolute Gasteiger partial charge is 0.410 e. The Balaban J connectivity index is 1.77. The van der Waals surface area contributed by atoms with E-state index in [9.17, 15) is 4.79 Å². The van der Waals surface area contributed by atoms with Crippen molar-refractivity contribution in [1.29, 1.82) is 0 Å². The van der Waals surface area contributed by atoms with Gasteiger partial charge < -0.3 is 19.1 Å². The Morgan fingerprint density at radius 1 is 1.08 bits per heavy atom. The number of methoxy groups -OCH3 is 2. The second-order valence-corrected chi connectivity index (χ2v) is 7.43.